The molecule has 0 saturated carbocycles. The summed E-state index contributed by atoms with van der Waals surface area (Å²) in [6.07, 6.45) is 1.60. The Hall–Kier alpha value is -2.56. The second-order valence-corrected chi connectivity index (χ2v) is 4.30. The number of para-hydroxylation sites is 1. The predicted molar refractivity (Wildman–Crippen MR) is 73.0 cm³/mol. The standard InChI is InChI=1S/C14H13N3O2/c1-17-13-5-3-2-4-11(13)12(8-14(17)18)15-9-10-6-7-16-19-10/h2-8,15H,9H2,1H3. The summed E-state index contributed by atoms with van der Waals surface area (Å²) in [7, 11) is 1.77. The molecule has 2 heterocycles. The van der Waals surface area contributed by atoms with Crippen LogP contribution < -0.4 is 10.9 Å². The van der Waals surface area contributed by atoms with Gasteiger partial charge in [0, 0.05) is 30.3 Å². The van der Waals surface area contributed by atoms with Crippen LogP contribution in [0.4, 0.5) is 5.69 Å². The first-order chi connectivity index (χ1) is 9.25. The Morgan fingerprint density at radius 3 is 2.95 bits per heavy atom. The lowest BCUT2D eigenvalue weighted by Gasteiger charge is -2.11. The second-order valence-electron chi connectivity index (χ2n) is 4.30. The van der Waals surface area contributed by atoms with E-state index >= 15 is 0 Å². The molecular weight excluding hydrogens is 242 g/mol. The van der Waals surface area contributed by atoms with Crippen molar-refractivity contribution in [1.29, 1.82) is 0 Å². The smallest absolute Gasteiger partial charge is 0.252 e. The molecule has 0 atom stereocenters. The van der Waals surface area contributed by atoms with Crippen LogP contribution in [0.1, 0.15) is 5.76 Å². The molecule has 0 radical (unpaired) electrons. The van der Waals surface area contributed by atoms with E-state index < -0.39 is 0 Å². The number of hydrogen-bond acceptors (Lipinski definition) is 4. The van der Waals surface area contributed by atoms with Gasteiger partial charge in [-0.15, -0.1) is 0 Å². The number of rotatable bonds is 3. The molecule has 0 amide bonds. The van der Waals surface area contributed by atoms with Gasteiger partial charge in [0.05, 0.1) is 18.3 Å². The van der Waals surface area contributed by atoms with Crippen LogP contribution in [0.15, 0.2) is 51.9 Å². The maximum atomic E-state index is 11.9. The zero-order valence-corrected chi connectivity index (χ0v) is 10.5. The van der Waals surface area contributed by atoms with Crippen LogP contribution in [0, 0.1) is 0 Å². The highest BCUT2D eigenvalue weighted by atomic mass is 16.5. The number of fused-ring (bicyclic) bond motifs is 1. The van der Waals surface area contributed by atoms with Crippen LogP contribution in [0.5, 0.6) is 0 Å². The predicted octanol–water partition coefficient (Wildman–Crippen LogP) is 2.14. The van der Waals surface area contributed by atoms with E-state index in [1.807, 2.05) is 24.3 Å². The number of benzene rings is 1. The Morgan fingerprint density at radius 1 is 1.32 bits per heavy atom. The minimum absolute atomic E-state index is 0.0428. The summed E-state index contributed by atoms with van der Waals surface area (Å²) in [6.45, 7) is 0.497. The van der Waals surface area contributed by atoms with E-state index in [4.69, 9.17) is 4.52 Å². The zero-order chi connectivity index (χ0) is 13.2. The Kier molecular flexibility index (Phi) is 2.79. The first-order valence-electron chi connectivity index (χ1n) is 5.98. The lowest BCUT2D eigenvalue weighted by molar-refractivity contribution is 0.388. The van der Waals surface area contributed by atoms with Crippen LogP contribution in [-0.2, 0) is 13.6 Å². The molecule has 5 nitrogen and oxygen atoms in total. The maximum Gasteiger partial charge on any atom is 0.252 e. The van der Waals surface area contributed by atoms with E-state index in [2.05, 4.69) is 10.5 Å². The molecular formula is C14H13N3O2. The average Bonchev–Trinajstić information content (AvgIpc) is 2.95. The van der Waals surface area contributed by atoms with Crippen molar-refractivity contribution in [3.05, 3.63) is 58.7 Å². The monoisotopic (exact) mass is 255 g/mol. The highest BCUT2D eigenvalue weighted by Crippen LogP contribution is 2.21. The van der Waals surface area contributed by atoms with Gasteiger partial charge in [0.1, 0.15) is 0 Å². The molecule has 1 N–H and O–H groups in total. The van der Waals surface area contributed by atoms with Gasteiger partial charge in [-0.2, -0.15) is 0 Å². The number of nitrogens with one attached hydrogen (secondary N) is 1. The second kappa shape index (κ2) is 4.61. The van der Waals surface area contributed by atoms with Crippen molar-refractivity contribution in [3.8, 4) is 0 Å². The van der Waals surface area contributed by atoms with E-state index in [9.17, 15) is 4.79 Å². The van der Waals surface area contributed by atoms with Crippen molar-refractivity contribution in [1.82, 2.24) is 9.72 Å². The lowest BCUT2D eigenvalue weighted by Crippen LogP contribution is -2.17. The van der Waals surface area contributed by atoms with Crippen LogP contribution in [-0.4, -0.2) is 9.72 Å². The summed E-state index contributed by atoms with van der Waals surface area (Å²) in [5, 5.41) is 7.86. The SMILES string of the molecule is Cn1c(=O)cc(NCc2ccno2)c2ccccc21. The summed E-state index contributed by atoms with van der Waals surface area (Å²) in [5.74, 6) is 0.727. The van der Waals surface area contributed by atoms with Gasteiger partial charge in [-0.05, 0) is 6.07 Å². The van der Waals surface area contributed by atoms with Gasteiger partial charge >= 0.3 is 0 Å². The molecule has 1 aromatic carbocycles. The first-order valence-corrected chi connectivity index (χ1v) is 5.98. The molecule has 2 aromatic heterocycles. The highest BCUT2D eigenvalue weighted by Gasteiger charge is 2.06. The Labute approximate surface area is 109 Å². The Bertz CT molecular complexity index is 760. The molecule has 0 aliphatic rings. The molecule has 0 fully saturated rings. The number of nitrogens with zero attached hydrogens (tertiary/aromatic N) is 2. The fraction of sp³-hybridized carbons (Fsp3) is 0.143. The lowest BCUT2D eigenvalue weighted by atomic mass is 10.2. The van der Waals surface area contributed by atoms with Crippen LogP contribution in [0.25, 0.3) is 10.9 Å². The third kappa shape index (κ3) is 2.10. The van der Waals surface area contributed by atoms with Crippen LogP contribution >= 0.6 is 0 Å². The van der Waals surface area contributed by atoms with E-state index in [-0.39, 0.29) is 5.56 Å². The summed E-state index contributed by atoms with van der Waals surface area (Å²) in [4.78, 5) is 11.9. The largest absolute Gasteiger partial charge is 0.377 e. The minimum Gasteiger partial charge on any atom is -0.377 e. The number of pyridine rings is 1. The summed E-state index contributed by atoms with van der Waals surface area (Å²) < 4.78 is 6.66. The van der Waals surface area contributed by atoms with Gasteiger partial charge in [-0.25, -0.2) is 0 Å². The fourth-order valence-electron chi connectivity index (χ4n) is 2.07. The van der Waals surface area contributed by atoms with Crippen molar-refractivity contribution >= 4 is 16.6 Å². The van der Waals surface area contributed by atoms with Gasteiger partial charge < -0.3 is 14.4 Å². The van der Waals surface area contributed by atoms with E-state index in [1.54, 1.807) is 29.9 Å². The van der Waals surface area contributed by atoms with Crippen molar-refractivity contribution in [2.75, 3.05) is 5.32 Å². The van der Waals surface area contributed by atoms with Gasteiger partial charge in [0.25, 0.3) is 5.56 Å². The normalized spacial score (nSPS) is 10.8. The molecule has 96 valence electrons. The molecule has 0 spiro atoms. The molecule has 0 saturated heterocycles. The zero-order valence-electron chi connectivity index (χ0n) is 10.5. The van der Waals surface area contributed by atoms with Crippen molar-refractivity contribution in [2.45, 2.75) is 6.54 Å². The van der Waals surface area contributed by atoms with Crippen molar-refractivity contribution in [3.63, 3.8) is 0 Å². The van der Waals surface area contributed by atoms with E-state index in [1.165, 1.54) is 0 Å². The molecule has 3 rings (SSSR count). The molecule has 0 bridgehead atoms. The van der Waals surface area contributed by atoms with E-state index in [0.717, 1.165) is 22.4 Å². The first kappa shape index (κ1) is 11.5. The summed E-state index contributed by atoms with van der Waals surface area (Å²) >= 11 is 0. The fourth-order valence-corrected chi connectivity index (χ4v) is 2.07. The number of aryl methyl sites for hydroxylation is 1. The topological polar surface area (TPSA) is 60.1 Å². The molecule has 0 aliphatic heterocycles. The Balaban J connectivity index is 2.03. The Morgan fingerprint density at radius 2 is 2.16 bits per heavy atom. The van der Waals surface area contributed by atoms with Gasteiger partial charge in [0.15, 0.2) is 5.76 Å². The molecule has 5 heteroatoms. The molecule has 0 aliphatic carbocycles. The number of hydrogen-bond donors (Lipinski definition) is 1. The minimum atomic E-state index is -0.0428. The average molecular weight is 255 g/mol. The maximum absolute atomic E-state index is 11.9. The van der Waals surface area contributed by atoms with Gasteiger partial charge in [-0.3, -0.25) is 4.79 Å². The van der Waals surface area contributed by atoms with Gasteiger partial charge in [0.2, 0.25) is 0 Å². The summed E-state index contributed by atoms with van der Waals surface area (Å²) in [5.41, 5.74) is 1.66. The number of anilines is 1. The quantitative estimate of drug-likeness (QED) is 0.779. The van der Waals surface area contributed by atoms with Crippen LogP contribution in [0.3, 0.4) is 0 Å². The van der Waals surface area contributed by atoms with Crippen LogP contribution in [0.2, 0.25) is 0 Å². The van der Waals surface area contributed by atoms with Gasteiger partial charge in [-0.1, -0.05) is 23.4 Å². The third-order valence-corrected chi connectivity index (χ3v) is 3.10. The number of aromatic nitrogens is 2. The van der Waals surface area contributed by atoms with Crippen molar-refractivity contribution < 1.29 is 4.52 Å². The summed E-state index contributed by atoms with van der Waals surface area (Å²) in [6, 6.07) is 11.2. The highest BCUT2D eigenvalue weighted by molar-refractivity contribution is 5.91. The third-order valence-electron chi connectivity index (χ3n) is 3.10. The molecule has 19 heavy (non-hydrogen) atoms. The van der Waals surface area contributed by atoms with Crippen molar-refractivity contribution in [2.24, 2.45) is 7.05 Å². The van der Waals surface area contributed by atoms with E-state index in [0.29, 0.717) is 6.54 Å². The molecule has 0 unspecified atom stereocenters. The molecule has 3 aromatic rings.